The monoisotopic (exact) mass is 264 g/mol. The number of rotatable bonds is 5. The smallest absolute Gasteiger partial charge is 0.235 e. The normalized spacial score (nSPS) is 25.4. The highest BCUT2D eigenvalue weighted by Crippen LogP contribution is 2.28. The van der Waals surface area contributed by atoms with Crippen LogP contribution in [0.1, 0.15) is 38.5 Å². The molecule has 5 heteroatoms. The lowest BCUT2D eigenvalue weighted by Crippen LogP contribution is -2.49. The Balaban J connectivity index is 1.75. The van der Waals surface area contributed by atoms with E-state index in [9.17, 15) is 10.1 Å². The van der Waals surface area contributed by atoms with Crippen molar-refractivity contribution in [2.24, 2.45) is 0 Å². The molecule has 1 aliphatic carbocycles. The maximum Gasteiger partial charge on any atom is 0.235 e. The molecule has 0 bridgehead atoms. The summed E-state index contributed by atoms with van der Waals surface area (Å²) in [5.74, 6) is -0.0241. The number of nitrogens with one attached hydrogen (secondary N) is 2. The van der Waals surface area contributed by atoms with Gasteiger partial charge in [0.05, 0.1) is 12.6 Å². The summed E-state index contributed by atoms with van der Waals surface area (Å²) in [6.45, 7) is 2.36. The summed E-state index contributed by atoms with van der Waals surface area (Å²) in [4.78, 5) is 14.1. The summed E-state index contributed by atoms with van der Waals surface area (Å²) in [5, 5.41) is 15.6. The summed E-state index contributed by atoms with van der Waals surface area (Å²) >= 11 is 0. The van der Waals surface area contributed by atoms with Gasteiger partial charge in [-0.3, -0.25) is 9.69 Å². The van der Waals surface area contributed by atoms with E-state index in [1.165, 1.54) is 12.8 Å². The number of carbonyl (C=O) groups is 1. The van der Waals surface area contributed by atoms with Crippen LogP contribution >= 0.6 is 0 Å². The molecule has 0 spiro atoms. The van der Waals surface area contributed by atoms with Crippen LogP contribution in [0.25, 0.3) is 0 Å². The fraction of sp³-hybridized carbons (Fsp3) is 0.857. The number of hydrogen-bond acceptors (Lipinski definition) is 4. The quantitative estimate of drug-likeness (QED) is 0.764. The molecule has 1 aliphatic heterocycles. The number of hydrogen-bond donors (Lipinski definition) is 2. The van der Waals surface area contributed by atoms with Gasteiger partial charge >= 0.3 is 0 Å². The van der Waals surface area contributed by atoms with Gasteiger partial charge in [0.25, 0.3) is 0 Å². The number of nitriles is 1. The standard InChI is InChI=1S/C14H24N4O/c1-18(9-12-5-4-8-16-12)10-13(19)17-14(11-15)6-2-3-7-14/h12,16H,2-10H2,1H3,(H,17,19). The van der Waals surface area contributed by atoms with Crippen LogP contribution in [0.5, 0.6) is 0 Å². The first-order valence-corrected chi connectivity index (χ1v) is 7.28. The summed E-state index contributed by atoms with van der Waals surface area (Å²) in [7, 11) is 1.97. The minimum absolute atomic E-state index is 0.0241. The molecule has 2 aliphatic rings. The Morgan fingerprint density at radius 3 is 2.79 bits per heavy atom. The molecule has 1 amide bonds. The van der Waals surface area contributed by atoms with E-state index in [1.54, 1.807) is 0 Å². The van der Waals surface area contributed by atoms with Gasteiger partial charge in [-0.1, -0.05) is 0 Å². The zero-order valence-corrected chi connectivity index (χ0v) is 11.7. The zero-order chi connectivity index (χ0) is 13.7. The number of likely N-dealkylation sites (N-methyl/N-ethyl adjacent to an activating group) is 1. The van der Waals surface area contributed by atoms with Gasteiger partial charge in [-0.05, 0) is 52.1 Å². The number of nitrogens with zero attached hydrogens (tertiary/aromatic N) is 2. The first kappa shape index (κ1) is 14.3. The van der Waals surface area contributed by atoms with E-state index < -0.39 is 5.54 Å². The van der Waals surface area contributed by atoms with Crippen LogP contribution in [-0.2, 0) is 4.79 Å². The van der Waals surface area contributed by atoms with Gasteiger partial charge < -0.3 is 10.6 Å². The maximum atomic E-state index is 12.0. The van der Waals surface area contributed by atoms with Crippen LogP contribution in [0.3, 0.4) is 0 Å². The molecule has 0 aromatic carbocycles. The summed E-state index contributed by atoms with van der Waals surface area (Å²) in [6, 6.07) is 2.80. The minimum atomic E-state index is -0.594. The fourth-order valence-electron chi connectivity index (χ4n) is 3.15. The Kier molecular flexibility index (Phi) is 4.78. The molecule has 1 atom stereocenters. The van der Waals surface area contributed by atoms with E-state index in [-0.39, 0.29) is 5.91 Å². The van der Waals surface area contributed by atoms with Crippen molar-refractivity contribution < 1.29 is 4.79 Å². The summed E-state index contributed by atoms with van der Waals surface area (Å²) < 4.78 is 0. The summed E-state index contributed by atoms with van der Waals surface area (Å²) in [5.41, 5.74) is -0.594. The van der Waals surface area contributed by atoms with Gasteiger partial charge in [-0.25, -0.2) is 0 Å². The molecule has 2 rings (SSSR count). The lowest BCUT2D eigenvalue weighted by Gasteiger charge is -2.25. The highest BCUT2D eigenvalue weighted by atomic mass is 16.2. The van der Waals surface area contributed by atoms with Crippen molar-refractivity contribution in [1.29, 1.82) is 5.26 Å². The van der Waals surface area contributed by atoms with E-state index in [1.807, 2.05) is 11.9 Å². The average Bonchev–Trinajstić information content (AvgIpc) is 3.00. The molecule has 106 valence electrons. The second kappa shape index (κ2) is 6.36. The molecule has 2 N–H and O–H groups in total. The highest BCUT2D eigenvalue weighted by molar-refractivity contribution is 5.79. The summed E-state index contributed by atoms with van der Waals surface area (Å²) in [6.07, 6.45) is 6.08. The second-order valence-corrected chi connectivity index (χ2v) is 5.94. The molecule has 2 fully saturated rings. The molecule has 0 radical (unpaired) electrons. The third-order valence-corrected chi connectivity index (χ3v) is 4.16. The Morgan fingerprint density at radius 1 is 1.47 bits per heavy atom. The van der Waals surface area contributed by atoms with Crippen LogP contribution in [-0.4, -0.2) is 49.1 Å². The molecular formula is C14H24N4O. The first-order valence-electron chi connectivity index (χ1n) is 7.28. The lowest BCUT2D eigenvalue weighted by molar-refractivity contribution is -0.123. The van der Waals surface area contributed by atoms with Gasteiger partial charge in [0, 0.05) is 12.6 Å². The van der Waals surface area contributed by atoms with Crippen molar-refractivity contribution in [2.75, 3.05) is 26.7 Å². The molecule has 5 nitrogen and oxygen atoms in total. The third kappa shape index (κ3) is 3.92. The Morgan fingerprint density at radius 2 is 2.21 bits per heavy atom. The zero-order valence-electron chi connectivity index (χ0n) is 11.7. The van der Waals surface area contributed by atoms with E-state index in [2.05, 4.69) is 16.7 Å². The lowest BCUT2D eigenvalue weighted by atomic mass is 10.00. The van der Waals surface area contributed by atoms with Crippen molar-refractivity contribution >= 4 is 5.91 Å². The molecule has 1 heterocycles. The minimum Gasteiger partial charge on any atom is -0.337 e. The highest BCUT2D eigenvalue weighted by Gasteiger charge is 2.35. The van der Waals surface area contributed by atoms with Crippen molar-refractivity contribution in [1.82, 2.24) is 15.5 Å². The van der Waals surface area contributed by atoms with Crippen LogP contribution in [0.15, 0.2) is 0 Å². The second-order valence-electron chi connectivity index (χ2n) is 5.94. The van der Waals surface area contributed by atoms with Gasteiger partial charge in [0.15, 0.2) is 0 Å². The van der Waals surface area contributed by atoms with E-state index in [0.717, 1.165) is 38.8 Å². The van der Waals surface area contributed by atoms with Crippen LogP contribution in [0.2, 0.25) is 0 Å². The van der Waals surface area contributed by atoms with Crippen molar-refractivity contribution in [3.05, 3.63) is 0 Å². The van der Waals surface area contributed by atoms with Gasteiger partial charge in [0.2, 0.25) is 5.91 Å². The van der Waals surface area contributed by atoms with Crippen molar-refractivity contribution in [3.8, 4) is 6.07 Å². The molecule has 1 saturated heterocycles. The van der Waals surface area contributed by atoms with Gasteiger partial charge in [0.1, 0.15) is 5.54 Å². The van der Waals surface area contributed by atoms with Crippen LogP contribution in [0, 0.1) is 11.3 Å². The molecule has 19 heavy (non-hydrogen) atoms. The largest absolute Gasteiger partial charge is 0.337 e. The van der Waals surface area contributed by atoms with Crippen LogP contribution in [0.4, 0.5) is 0 Å². The predicted molar refractivity (Wildman–Crippen MR) is 73.5 cm³/mol. The van der Waals surface area contributed by atoms with E-state index >= 15 is 0 Å². The van der Waals surface area contributed by atoms with Crippen molar-refractivity contribution in [3.63, 3.8) is 0 Å². The van der Waals surface area contributed by atoms with E-state index in [0.29, 0.717) is 12.6 Å². The third-order valence-electron chi connectivity index (χ3n) is 4.16. The number of carbonyl (C=O) groups excluding carboxylic acids is 1. The van der Waals surface area contributed by atoms with Crippen LogP contribution < -0.4 is 10.6 Å². The first-order chi connectivity index (χ1) is 9.13. The maximum absolute atomic E-state index is 12.0. The fourth-order valence-corrected chi connectivity index (χ4v) is 3.15. The molecule has 1 saturated carbocycles. The molecule has 0 aromatic heterocycles. The Hall–Kier alpha value is -1.12. The SMILES string of the molecule is CN(CC(=O)NC1(C#N)CCCC1)CC1CCCN1. The van der Waals surface area contributed by atoms with Gasteiger partial charge in [-0.15, -0.1) is 0 Å². The van der Waals surface area contributed by atoms with Gasteiger partial charge in [-0.2, -0.15) is 5.26 Å². The molecule has 1 unspecified atom stereocenters. The Bertz CT molecular complexity index is 351. The van der Waals surface area contributed by atoms with Crippen molar-refractivity contribution in [2.45, 2.75) is 50.1 Å². The topological polar surface area (TPSA) is 68.2 Å². The van der Waals surface area contributed by atoms with E-state index in [4.69, 9.17) is 0 Å². The average molecular weight is 264 g/mol. The molecular weight excluding hydrogens is 240 g/mol. The number of amides is 1. The molecule has 0 aromatic rings. The Labute approximate surface area is 115 Å². The predicted octanol–water partition coefficient (Wildman–Crippen LogP) is 0.623.